The average molecular weight is 396 g/mol. The molecule has 1 amide bonds. The minimum absolute atomic E-state index is 0.106. The number of fused-ring (bicyclic) bond motifs is 3. The lowest BCUT2D eigenvalue weighted by molar-refractivity contribution is -0.127. The molecular weight excluding hydrogens is 368 g/mol. The summed E-state index contributed by atoms with van der Waals surface area (Å²) in [6, 6.07) is 4.38. The molecule has 8 nitrogen and oxygen atoms in total. The Morgan fingerprint density at radius 2 is 2.00 bits per heavy atom. The number of likely N-dealkylation sites (tertiary alicyclic amines) is 1. The van der Waals surface area contributed by atoms with E-state index in [0.717, 1.165) is 31.9 Å². The second kappa shape index (κ2) is 7.40. The van der Waals surface area contributed by atoms with E-state index in [4.69, 9.17) is 0 Å². The number of carbonyl (C=O) groups excluding carboxylic acids is 1. The van der Waals surface area contributed by atoms with Crippen molar-refractivity contribution < 1.29 is 4.79 Å². The fourth-order valence-corrected chi connectivity index (χ4v) is 5.47. The molecule has 2 aromatic heterocycles. The van der Waals surface area contributed by atoms with E-state index in [0.29, 0.717) is 24.8 Å². The van der Waals surface area contributed by atoms with Crippen molar-refractivity contribution in [2.75, 3.05) is 13.1 Å². The largest absolute Gasteiger partial charge is 0.352 e. The van der Waals surface area contributed by atoms with Crippen molar-refractivity contribution in [3.8, 4) is 0 Å². The topological polar surface area (TPSA) is 85.0 Å². The van der Waals surface area contributed by atoms with E-state index in [1.165, 1.54) is 23.1 Å². The highest BCUT2D eigenvalue weighted by atomic mass is 16.2. The van der Waals surface area contributed by atoms with Crippen molar-refractivity contribution in [1.29, 1.82) is 0 Å². The Hall–Kier alpha value is -2.48. The standard InChI is InChI=1S/C21H28N6O2/c1-25-21(29)27-13-17(6-7-18(27)24-25)20(28)23-19-15-4-5-16(19)12-26(11-15)10-14-3-2-8-22-9-14/h2-3,8-9,15-17,19H,4-7,10-13H2,1H3,(H,23,28)/t15-,16+,17?,19?. The maximum Gasteiger partial charge on any atom is 0.345 e. The zero-order valence-electron chi connectivity index (χ0n) is 16.8. The fraction of sp³-hybridized carbons (Fsp3) is 0.619. The summed E-state index contributed by atoms with van der Waals surface area (Å²) >= 11 is 0. The number of rotatable bonds is 4. The molecule has 3 aliphatic rings. The number of pyridine rings is 1. The second-order valence-electron chi connectivity index (χ2n) is 8.86. The van der Waals surface area contributed by atoms with Crippen LogP contribution in [0.25, 0.3) is 0 Å². The molecule has 2 bridgehead atoms. The first-order valence-corrected chi connectivity index (χ1v) is 10.6. The molecule has 4 heterocycles. The van der Waals surface area contributed by atoms with Crippen LogP contribution in [0, 0.1) is 17.8 Å². The van der Waals surface area contributed by atoms with E-state index in [-0.39, 0.29) is 23.6 Å². The molecule has 0 spiro atoms. The third-order valence-corrected chi connectivity index (χ3v) is 6.92. The van der Waals surface area contributed by atoms with Crippen LogP contribution >= 0.6 is 0 Å². The second-order valence-corrected chi connectivity index (χ2v) is 8.86. The lowest BCUT2D eigenvalue weighted by Crippen LogP contribution is -2.54. The van der Waals surface area contributed by atoms with Crippen LogP contribution in [0.15, 0.2) is 29.3 Å². The molecule has 2 aliphatic heterocycles. The Morgan fingerprint density at radius 1 is 1.21 bits per heavy atom. The third-order valence-electron chi connectivity index (χ3n) is 6.92. The summed E-state index contributed by atoms with van der Waals surface area (Å²) in [7, 11) is 1.67. The molecule has 2 unspecified atom stereocenters. The summed E-state index contributed by atoms with van der Waals surface area (Å²) in [4.78, 5) is 31.9. The lowest BCUT2D eigenvalue weighted by Gasteiger charge is -2.39. The number of amides is 1. The SMILES string of the molecule is Cn1nc2n(c1=O)CC(C(=O)NC1[C@@H]3CC[C@H]1CN(Cc1cccnc1)C3)CC2. The van der Waals surface area contributed by atoms with Gasteiger partial charge in [-0.3, -0.25) is 19.2 Å². The first-order chi connectivity index (χ1) is 14.1. The predicted octanol–water partition coefficient (Wildman–Crippen LogP) is 0.566. The first-order valence-electron chi connectivity index (χ1n) is 10.6. The molecule has 1 saturated carbocycles. The van der Waals surface area contributed by atoms with E-state index in [9.17, 15) is 9.59 Å². The van der Waals surface area contributed by atoms with Crippen molar-refractivity contribution in [2.45, 2.75) is 44.8 Å². The highest BCUT2D eigenvalue weighted by Crippen LogP contribution is 2.37. The van der Waals surface area contributed by atoms with Crippen LogP contribution in [0.2, 0.25) is 0 Å². The maximum atomic E-state index is 13.0. The monoisotopic (exact) mass is 396 g/mol. The van der Waals surface area contributed by atoms with E-state index < -0.39 is 0 Å². The summed E-state index contributed by atoms with van der Waals surface area (Å²) in [6.45, 7) is 3.42. The molecule has 29 heavy (non-hydrogen) atoms. The minimum Gasteiger partial charge on any atom is -0.352 e. The number of aryl methyl sites for hydroxylation is 2. The quantitative estimate of drug-likeness (QED) is 0.817. The van der Waals surface area contributed by atoms with Gasteiger partial charge in [-0.05, 0) is 42.7 Å². The average Bonchev–Trinajstić information content (AvgIpc) is 3.13. The van der Waals surface area contributed by atoms with Gasteiger partial charge in [0.05, 0.1) is 5.92 Å². The van der Waals surface area contributed by atoms with Gasteiger partial charge in [0.25, 0.3) is 0 Å². The number of piperidine rings is 1. The smallest absolute Gasteiger partial charge is 0.345 e. The summed E-state index contributed by atoms with van der Waals surface area (Å²) in [5, 5.41) is 7.63. The zero-order valence-corrected chi connectivity index (χ0v) is 16.8. The molecular formula is C21H28N6O2. The van der Waals surface area contributed by atoms with Crippen molar-refractivity contribution in [3.63, 3.8) is 0 Å². The first kappa shape index (κ1) is 18.5. The number of nitrogens with zero attached hydrogens (tertiary/aromatic N) is 5. The highest BCUT2D eigenvalue weighted by Gasteiger charge is 2.43. The third kappa shape index (κ3) is 3.50. The Balaban J connectivity index is 1.21. The fourth-order valence-electron chi connectivity index (χ4n) is 5.47. The highest BCUT2D eigenvalue weighted by molar-refractivity contribution is 5.79. The van der Waals surface area contributed by atoms with Crippen molar-refractivity contribution in [2.24, 2.45) is 24.8 Å². The van der Waals surface area contributed by atoms with Gasteiger partial charge in [0.15, 0.2) is 0 Å². The van der Waals surface area contributed by atoms with Crippen molar-refractivity contribution in [1.82, 2.24) is 29.5 Å². The Morgan fingerprint density at radius 3 is 2.72 bits per heavy atom. The zero-order chi connectivity index (χ0) is 20.0. The van der Waals surface area contributed by atoms with Crippen LogP contribution in [0.3, 0.4) is 0 Å². The molecule has 2 fully saturated rings. The molecule has 0 aromatic carbocycles. The molecule has 8 heteroatoms. The van der Waals surface area contributed by atoms with Gasteiger partial charge in [-0.2, -0.15) is 5.10 Å². The van der Waals surface area contributed by atoms with Gasteiger partial charge in [-0.1, -0.05) is 6.07 Å². The maximum absolute atomic E-state index is 13.0. The summed E-state index contributed by atoms with van der Waals surface area (Å²) < 4.78 is 3.03. The minimum atomic E-state index is -0.141. The molecule has 1 saturated heterocycles. The number of aromatic nitrogens is 4. The van der Waals surface area contributed by atoms with E-state index in [1.54, 1.807) is 11.6 Å². The van der Waals surface area contributed by atoms with Gasteiger partial charge >= 0.3 is 5.69 Å². The van der Waals surface area contributed by atoms with E-state index in [2.05, 4.69) is 26.4 Å². The molecule has 154 valence electrons. The lowest BCUT2D eigenvalue weighted by atomic mass is 9.90. The Bertz CT molecular complexity index is 938. The molecule has 1 aliphatic carbocycles. The predicted molar refractivity (Wildman–Crippen MR) is 107 cm³/mol. The van der Waals surface area contributed by atoms with Gasteiger partial charge in [0, 0.05) is 58.1 Å². The molecule has 0 radical (unpaired) electrons. The van der Waals surface area contributed by atoms with E-state index >= 15 is 0 Å². The van der Waals surface area contributed by atoms with Gasteiger partial charge in [0.1, 0.15) is 5.82 Å². The number of hydrogen-bond donors (Lipinski definition) is 1. The summed E-state index contributed by atoms with van der Waals surface area (Å²) in [6.07, 6.45) is 7.55. The number of hydrogen-bond acceptors (Lipinski definition) is 5. The Labute approximate surface area is 169 Å². The van der Waals surface area contributed by atoms with Crippen LogP contribution in [0.1, 0.15) is 30.7 Å². The Kier molecular flexibility index (Phi) is 4.73. The number of carbonyl (C=O) groups is 1. The molecule has 2 aromatic rings. The van der Waals surface area contributed by atoms with Crippen molar-refractivity contribution >= 4 is 5.91 Å². The van der Waals surface area contributed by atoms with Crippen LogP contribution in [0.4, 0.5) is 0 Å². The van der Waals surface area contributed by atoms with Crippen LogP contribution < -0.4 is 11.0 Å². The van der Waals surface area contributed by atoms with Crippen LogP contribution in [-0.4, -0.2) is 49.3 Å². The summed E-state index contributed by atoms with van der Waals surface area (Å²) in [5.74, 6) is 1.78. The van der Waals surface area contributed by atoms with Gasteiger partial charge in [0.2, 0.25) is 5.91 Å². The van der Waals surface area contributed by atoms with E-state index in [1.807, 2.05) is 18.5 Å². The van der Waals surface area contributed by atoms with Crippen LogP contribution in [0.5, 0.6) is 0 Å². The molecule has 5 rings (SSSR count). The van der Waals surface area contributed by atoms with Gasteiger partial charge in [-0.15, -0.1) is 0 Å². The normalized spacial score (nSPS) is 28.9. The van der Waals surface area contributed by atoms with Gasteiger partial charge in [-0.25, -0.2) is 9.48 Å². The summed E-state index contributed by atoms with van der Waals surface area (Å²) in [5.41, 5.74) is 1.12. The van der Waals surface area contributed by atoms with Crippen molar-refractivity contribution in [3.05, 3.63) is 46.4 Å². The molecule has 4 atom stereocenters. The van der Waals surface area contributed by atoms with Gasteiger partial charge < -0.3 is 5.32 Å². The number of nitrogens with one attached hydrogen (secondary N) is 1. The van der Waals surface area contributed by atoms with Crippen LogP contribution in [-0.2, 0) is 31.4 Å². The molecule has 1 N–H and O–H groups in total.